The zero-order valence-electron chi connectivity index (χ0n) is 9.72. The Morgan fingerprint density at radius 3 is 2.47 bits per heavy atom. The molecule has 0 N–H and O–H groups in total. The van der Waals surface area contributed by atoms with Crippen LogP contribution in [0.3, 0.4) is 0 Å². The lowest BCUT2D eigenvalue weighted by atomic mass is 10.0. The summed E-state index contributed by atoms with van der Waals surface area (Å²) in [4.78, 5) is 0. The fourth-order valence-electron chi connectivity index (χ4n) is 1.60. The summed E-state index contributed by atoms with van der Waals surface area (Å²) in [5.41, 5.74) is 1.41. The van der Waals surface area contributed by atoms with Crippen molar-refractivity contribution >= 4 is 19.7 Å². The molecular formula is C11H15ClO4S. The highest BCUT2D eigenvalue weighted by Crippen LogP contribution is 2.23. The second-order valence-corrected chi connectivity index (χ2v) is 6.34. The molecule has 4 nitrogen and oxygen atoms in total. The lowest BCUT2D eigenvalue weighted by Gasteiger charge is -2.17. The van der Waals surface area contributed by atoms with E-state index in [-0.39, 0.29) is 11.9 Å². The maximum Gasteiger partial charge on any atom is 0.236 e. The molecular weight excluding hydrogens is 264 g/mol. The Kier molecular flexibility index (Phi) is 5.39. The molecule has 0 bridgehead atoms. The SMILES string of the molecule is COCC(OC)c1ccccc1CS(=O)(=O)Cl. The van der Waals surface area contributed by atoms with Crippen LogP contribution in [0, 0.1) is 0 Å². The van der Waals surface area contributed by atoms with Crippen molar-refractivity contribution in [2.75, 3.05) is 20.8 Å². The van der Waals surface area contributed by atoms with Gasteiger partial charge in [-0.1, -0.05) is 24.3 Å². The summed E-state index contributed by atoms with van der Waals surface area (Å²) < 4.78 is 32.5. The molecule has 1 rings (SSSR count). The third-order valence-electron chi connectivity index (χ3n) is 2.33. The molecule has 0 fully saturated rings. The van der Waals surface area contributed by atoms with Gasteiger partial charge in [0.15, 0.2) is 0 Å². The van der Waals surface area contributed by atoms with Crippen molar-refractivity contribution in [3.05, 3.63) is 35.4 Å². The lowest BCUT2D eigenvalue weighted by molar-refractivity contribution is 0.0271. The molecule has 1 unspecified atom stereocenters. The van der Waals surface area contributed by atoms with E-state index in [1.807, 2.05) is 12.1 Å². The maximum absolute atomic E-state index is 11.1. The first kappa shape index (κ1) is 14.4. The van der Waals surface area contributed by atoms with E-state index in [0.717, 1.165) is 5.56 Å². The van der Waals surface area contributed by atoms with Gasteiger partial charge in [0.25, 0.3) is 0 Å². The number of methoxy groups -OCH3 is 2. The minimum Gasteiger partial charge on any atom is -0.382 e. The van der Waals surface area contributed by atoms with E-state index < -0.39 is 9.05 Å². The van der Waals surface area contributed by atoms with Gasteiger partial charge in [0.05, 0.1) is 12.4 Å². The van der Waals surface area contributed by atoms with E-state index in [1.54, 1.807) is 26.4 Å². The van der Waals surface area contributed by atoms with Gasteiger partial charge < -0.3 is 9.47 Å². The zero-order chi connectivity index (χ0) is 12.9. The van der Waals surface area contributed by atoms with Crippen LogP contribution in [-0.2, 0) is 24.3 Å². The summed E-state index contributed by atoms with van der Waals surface area (Å²) >= 11 is 0. The van der Waals surface area contributed by atoms with Crippen LogP contribution < -0.4 is 0 Å². The number of benzene rings is 1. The van der Waals surface area contributed by atoms with Gasteiger partial charge in [-0.3, -0.25) is 0 Å². The second-order valence-electron chi connectivity index (χ2n) is 3.56. The molecule has 0 aliphatic rings. The van der Waals surface area contributed by atoms with Crippen LogP contribution >= 0.6 is 10.7 Å². The summed E-state index contributed by atoms with van der Waals surface area (Å²) in [6, 6.07) is 7.11. The largest absolute Gasteiger partial charge is 0.382 e. The number of rotatable bonds is 6. The molecule has 0 heterocycles. The van der Waals surface area contributed by atoms with Crippen molar-refractivity contribution in [3.8, 4) is 0 Å². The third kappa shape index (κ3) is 4.63. The number of hydrogen-bond donors (Lipinski definition) is 0. The monoisotopic (exact) mass is 278 g/mol. The molecule has 1 aromatic rings. The molecule has 1 atom stereocenters. The molecule has 0 aromatic heterocycles. The molecule has 96 valence electrons. The second kappa shape index (κ2) is 6.35. The molecule has 0 aliphatic carbocycles. The van der Waals surface area contributed by atoms with Gasteiger partial charge in [-0.25, -0.2) is 8.42 Å². The number of hydrogen-bond acceptors (Lipinski definition) is 4. The molecule has 0 aliphatic heterocycles. The van der Waals surface area contributed by atoms with Gasteiger partial charge in [-0.05, 0) is 11.1 Å². The van der Waals surface area contributed by atoms with Crippen molar-refractivity contribution < 1.29 is 17.9 Å². The smallest absolute Gasteiger partial charge is 0.236 e. The van der Waals surface area contributed by atoms with Crippen LogP contribution in [0.15, 0.2) is 24.3 Å². The molecule has 17 heavy (non-hydrogen) atoms. The van der Waals surface area contributed by atoms with Crippen molar-refractivity contribution in [3.63, 3.8) is 0 Å². The van der Waals surface area contributed by atoms with Gasteiger partial charge in [0, 0.05) is 24.9 Å². The van der Waals surface area contributed by atoms with Gasteiger partial charge in [-0.15, -0.1) is 0 Å². The highest BCUT2D eigenvalue weighted by atomic mass is 35.7. The quantitative estimate of drug-likeness (QED) is 0.748. The van der Waals surface area contributed by atoms with E-state index >= 15 is 0 Å². The average molecular weight is 279 g/mol. The fraction of sp³-hybridized carbons (Fsp3) is 0.455. The topological polar surface area (TPSA) is 52.6 Å². The van der Waals surface area contributed by atoms with Gasteiger partial charge >= 0.3 is 0 Å². The summed E-state index contributed by atoms with van der Waals surface area (Å²) in [6.45, 7) is 0.357. The predicted molar refractivity (Wildman–Crippen MR) is 66.5 cm³/mol. The Labute approximate surface area is 106 Å². The Bertz CT molecular complexity index is 458. The Morgan fingerprint density at radius 1 is 1.29 bits per heavy atom. The fourth-order valence-corrected chi connectivity index (χ4v) is 2.59. The first-order chi connectivity index (χ1) is 7.98. The standard InChI is InChI=1S/C11H15ClO4S/c1-15-7-11(16-2)10-6-4-3-5-9(10)8-17(12,13)14/h3-6,11H,7-8H2,1-2H3. The van der Waals surface area contributed by atoms with Crippen molar-refractivity contribution in [2.24, 2.45) is 0 Å². The highest BCUT2D eigenvalue weighted by molar-refractivity contribution is 8.13. The van der Waals surface area contributed by atoms with Crippen molar-refractivity contribution in [2.45, 2.75) is 11.9 Å². The van der Waals surface area contributed by atoms with Gasteiger partial charge in [0.2, 0.25) is 9.05 Å². The minimum atomic E-state index is -3.58. The maximum atomic E-state index is 11.1. The molecule has 1 aromatic carbocycles. The van der Waals surface area contributed by atoms with E-state index in [2.05, 4.69) is 0 Å². The van der Waals surface area contributed by atoms with Crippen LogP contribution in [-0.4, -0.2) is 29.2 Å². The third-order valence-corrected chi connectivity index (χ3v) is 3.32. The van der Waals surface area contributed by atoms with Crippen molar-refractivity contribution in [1.82, 2.24) is 0 Å². The highest BCUT2D eigenvalue weighted by Gasteiger charge is 2.17. The summed E-state index contributed by atoms with van der Waals surface area (Å²) in [6.07, 6.45) is -0.297. The van der Waals surface area contributed by atoms with Crippen LogP contribution in [0.1, 0.15) is 17.2 Å². The van der Waals surface area contributed by atoms with E-state index in [4.69, 9.17) is 20.2 Å². The number of halogens is 1. The Morgan fingerprint density at radius 2 is 1.94 bits per heavy atom. The van der Waals surface area contributed by atoms with Crippen molar-refractivity contribution in [1.29, 1.82) is 0 Å². The number of ether oxygens (including phenoxy) is 2. The average Bonchev–Trinajstić information content (AvgIpc) is 2.25. The molecule has 0 saturated carbocycles. The van der Waals surface area contributed by atoms with Gasteiger partial charge in [0.1, 0.15) is 6.10 Å². The summed E-state index contributed by atoms with van der Waals surface area (Å²) in [7, 11) is 4.80. The van der Waals surface area contributed by atoms with Gasteiger partial charge in [-0.2, -0.15) is 0 Å². The van der Waals surface area contributed by atoms with Crippen LogP contribution in [0.25, 0.3) is 0 Å². The molecule has 0 saturated heterocycles. The molecule has 6 heteroatoms. The molecule has 0 radical (unpaired) electrons. The van der Waals surface area contributed by atoms with E-state index in [0.29, 0.717) is 12.2 Å². The lowest BCUT2D eigenvalue weighted by Crippen LogP contribution is -2.12. The summed E-state index contributed by atoms with van der Waals surface area (Å²) in [5.74, 6) is -0.214. The predicted octanol–water partition coefficient (Wildman–Crippen LogP) is 2.09. The zero-order valence-corrected chi connectivity index (χ0v) is 11.3. The Balaban J connectivity index is 3.06. The minimum absolute atomic E-state index is 0.214. The normalized spacial score (nSPS) is 13.6. The summed E-state index contributed by atoms with van der Waals surface area (Å²) in [5, 5.41) is 0. The van der Waals surface area contributed by atoms with Crippen LogP contribution in [0.5, 0.6) is 0 Å². The van der Waals surface area contributed by atoms with E-state index in [9.17, 15) is 8.42 Å². The van der Waals surface area contributed by atoms with E-state index in [1.165, 1.54) is 0 Å². The van der Waals surface area contributed by atoms with Crippen LogP contribution in [0.2, 0.25) is 0 Å². The van der Waals surface area contributed by atoms with Crippen LogP contribution in [0.4, 0.5) is 0 Å². The molecule has 0 amide bonds. The first-order valence-corrected chi connectivity index (χ1v) is 7.47. The Hall–Kier alpha value is -0.620. The first-order valence-electron chi connectivity index (χ1n) is 5.00. The molecule has 0 spiro atoms.